The molecule has 1 aromatic heterocycles. The predicted octanol–water partition coefficient (Wildman–Crippen LogP) is 6.83. The molecule has 210 valence electrons. The largest absolute Gasteiger partial charge is 0.507 e. The Morgan fingerprint density at radius 1 is 1.12 bits per heavy atom. The van der Waals surface area contributed by atoms with E-state index in [2.05, 4.69) is 27.8 Å². The zero-order valence-corrected chi connectivity index (χ0v) is 25.2. The number of hydrogen-bond donors (Lipinski definition) is 1. The summed E-state index contributed by atoms with van der Waals surface area (Å²) in [5, 5.41) is 11.5. The Morgan fingerprint density at radius 3 is 2.42 bits per heavy atom. The molecule has 2 heterocycles. The van der Waals surface area contributed by atoms with E-state index in [4.69, 9.17) is 9.47 Å². The molecule has 10 heteroatoms. The van der Waals surface area contributed by atoms with Gasteiger partial charge >= 0.3 is 11.9 Å². The van der Waals surface area contributed by atoms with Crippen LogP contribution in [0, 0.1) is 12.8 Å². The van der Waals surface area contributed by atoms with Crippen LogP contribution in [0.4, 0.5) is 5.13 Å². The van der Waals surface area contributed by atoms with Gasteiger partial charge in [0.1, 0.15) is 16.4 Å². The van der Waals surface area contributed by atoms with E-state index in [1.54, 1.807) is 55.5 Å². The average Bonchev–Trinajstić information content (AvgIpc) is 3.44. The molecule has 1 aliphatic heterocycles. The number of aliphatic hydroxyl groups excluding tert-OH is 1. The number of aromatic nitrogens is 1. The van der Waals surface area contributed by atoms with E-state index in [0.29, 0.717) is 29.2 Å². The quantitative estimate of drug-likeness (QED) is 0.0864. The highest BCUT2D eigenvalue weighted by Crippen LogP contribution is 2.44. The lowest BCUT2D eigenvalue weighted by Crippen LogP contribution is -2.29. The highest BCUT2D eigenvalue weighted by molar-refractivity contribution is 9.10. The van der Waals surface area contributed by atoms with Gasteiger partial charge in [0.25, 0.3) is 5.78 Å². The molecule has 2 aromatic carbocycles. The lowest BCUT2D eigenvalue weighted by Gasteiger charge is -2.23. The van der Waals surface area contributed by atoms with Crippen LogP contribution in [0.5, 0.6) is 5.75 Å². The summed E-state index contributed by atoms with van der Waals surface area (Å²) in [5.41, 5.74) is 1.30. The fourth-order valence-corrected chi connectivity index (χ4v) is 5.42. The lowest BCUT2D eigenvalue weighted by atomic mass is 9.95. The third kappa shape index (κ3) is 6.28. The van der Waals surface area contributed by atoms with Gasteiger partial charge in [-0.2, -0.15) is 0 Å². The number of amides is 1. The molecule has 0 bridgehead atoms. The number of rotatable bonds is 10. The lowest BCUT2D eigenvalue weighted by molar-refractivity contribution is -0.132. The second-order valence-corrected chi connectivity index (χ2v) is 11.7. The average molecular weight is 628 g/mol. The van der Waals surface area contributed by atoms with Crippen molar-refractivity contribution in [3.8, 4) is 5.75 Å². The van der Waals surface area contributed by atoms with E-state index in [1.807, 2.05) is 13.8 Å². The maximum absolute atomic E-state index is 13.5. The van der Waals surface area contributed by atoms with Crippen LogP contribution in [0.1, 0.15) is 66.1 Å². The molecular weight excluding hydrogens is 596 g/mol. The molecule has 1 atom stereocenters. The summed E-state index contributed by atoms with van der Waals surface area (Å²) < 4.78 is 11.9. The number of aliphatic hydroxyl groups is 1. The van der Waals surface area contributed by atoms with Crippen molar-refractivity contribution >= 4 is 55.8 Å². The maximum atomic E-state index is 13.5. The van der Waals surface area contributed by atoms with Crippen molar-refractivity contribution in [2.45, 2.75) is 46.6 Å². The number of anilines is 1. The van der Waals surface area contributed by atoms with E-state index >= 15 is 0 Å². The number of ether oxygens (including phenoxy) is 2. The molecule has 1 amide bonds. The highest BCUT2D eigenvalue weighted by atomic mass is 79.9. The summed E-state index contributed by atoms with van der Waals surface area (Å²) in [6.45, 7) is 8.43. The SMILES string of the molecule is CCCCOc1ccc(C(O)=C2C(=O)C(=O)N(c3nc(C)c(C(=O)OCC(C)C)s3)C2c2ccc(Br)cc2)cc1. The van der Waals surface area contributed by atoms with Gasteiger partial charge in [0.2, 0.25) is 0 Å². The van der Waals surface area contributed by atoms with Crippen LogP contribution < -0.4 is 9.64 Å². The van der Waals surface area contributed by atoms with Crippen LogP contribution in [0.3, 0.4) is 0 Å². The van der Waals surface area contributed by atoms with Crippen molar-refractivity contribution in [3.05, 3.63) is 80.3 Å². The summed E-state index contributed by atoms with van der Waals surface area (Å²) in [6, 6.07) is 12.9. The van der Waals surface area contributed by atoms with Crippen LogP contribution in [0.15, 0.2) is 58.6 Å². The molecule has 1 unspecified atom stereocenters. The van der Waals surface area contributed by atoms with E-state index in [1.165, 1.54) is 4.90 Å². The topological polar surface area (TPSA) is 106 Å². The van der Waals surface area contributed by atoms with Gasteiger partial charge in [-0.25, -0.2) is 9.78 Å². The first-order chi connectivity index (χ1) is 19.1. The number of carbonyl (C=O) groups is 3. The van der Waals surface area contributed by atoms with Crippen LogP contribution >= 0.6 is 27.3 Å². The van der Waals surface area contributed by atoms with E-state index < -0.39 is 23.7 Å². The van der Waals surface area contributed by atoms with Gasteiger partial charge in [-0.3, -0.25) is 14.5 Å². The Balaban J connectivity index is 1.77. The number of halogens is 1. The van der Waals surface area contributed by atoms with Gasteiger partial charge in [0.05, 0.1) is 30.5 Å². The van der Waals surface area contributed by atoms with Crippen molar-refractivity contribution in [2.24, 2.45) is 5.92 Å². The number of thiazole rings is 1. The highest BCUT2D eigenvalue weighted by Gasteiger charge is 2.48. The summed E-state index contributed by atoms with van der Waals surface area (Å²) in [7, 11) is 0. The number of nitrogens with zero attached hydrogens (tertiary/aromatic N) is 2. The van der Waals surface area contributed by atoms with Gasteiger partial charge in [-0.1, -0.05) is 66.6 Å². The minimum Gasteiger partial charge on any atom is -0.507 e. The third-order valence-electron chi connectivity index (χ3n) is 6.25. The Bertz CT molecular complexity index is 1430. The third-order valence-corrected chi connectivity index (χ3v) is 7.91. The zero-order valence-electron chi connectivity index (χ0n) is 22.8. The minimum absolute atomic E-state index is 0.0660. The molecule has 8 nitrogen and oxygen atoms in total. The number of carbonyl (C=O) groups excluding carboxylic acids is 3. The number of benzene rings is 2. The molecule has 1 aliphatic rings. The molecule has 0 saturated carbocycles. The molecule has 0 spiro atoms. The molecule has 3 aromatic rings. The molecule has 1 saturated heterocycles. The van der Waals surface area contributed by atoms with Gasteiger partial charge in [0.15, 0.2) is 5.13 Å². The standard InChI is InChI=1S/C30H31BrN2O6S/c1-5-6-15-38-22-13-9-20(10-14-22)25(34)23-24(19-7-11-21(31)12-8-19)33(28(36)26(23)35)30-32-18(4)27(40-30)29(37)39-16-17(2)3/h7-14,17,24,34H,5-6,15-16H2,1-4H3. The van der Waals surface area contributed by atoms with Crippen LogP contribution in [0.25, 0.3) is 5.76 Å². The van der Waals surface area contributed by atoms with Gasteiger partial charge in [-0.05, 0) is 61.2 Å². The number of hydrogen-bond acceptors (Lipinski definition) is 8. The Hall–Kier alpha value is -3.50. The number of aryl methyl sites for hydroxylation is 1. The summed E-state index contributed by atoms with van der Waals surface area (Å²) in [5.74, 6) is -1.73. The minimum atomic E-state index is -0.960. The smallest absolute Gasteiger partial charge is 0.350 e. The zero-order chi connectivity index (χ0) is 29.0. The van der Waals surface area contributed by atoms with Gasteiger partial charge < -0.3 is 14.6 Å². The van der Waals surface area contributed by atoms with Crippen molar-refractivity contribution < 1.29 is 29.0 Å². The molecule has 0 radical (unpaired) electrons. The fourth-order valence-electron chi connectivity index (χ4n) is 4.17. The molecule has 1 N–H and O–H groups in total. The van der Waals surface area contributed by atoms with Gasteiger partial charge in [0, 0.05) is 10.0 Å². The first-order valence-corrected chi connectivity index (χ1v) is 14.7. The fraction of sp³-hybridized carbons (Fsp3) is 0.333. The maximum Gasteiger partial charge on any atom is 0.350 e. The Morgan fingerprint density at radius 2 is 1.80 bits per heavy atom. The summed E-state index contributed by atoms with van der Waals surface area (Å²) in [4.78, 5) is 45.6. The molecular formula is C30H31BrN2O6S. The Labute approximate surface area is 245 Å². The van der Waals surface area contributed by atoms with Crippen LogP contribution in [0.2, 0.25) is 0 Å². The molecule has 1 fully saturated rings. The monoisotopic (exact) mass is 626 g/mol. The Kier molecular flexibility index (Phi) is 9.42. The van der Waals surface area contributed by atoms with Crippen LogP contribution in [-0.4, -0.2) is 41.0 Å². The summed E-state index contributed by atoms with van der Waals surface area (Å²) >= 11 is 4.40. The second-order valence-electron chi connectivity index (χ2n) is 9.85. The van der Waals surface area contributed by atoms with E-state index in [9.17, 15) is 19.5 Å². The number of ketones is 1. The number of esters is 1. The number of unbranched alkanes of at least 4 members (excludes halogenated alkanes) is 1. The van der Waals surface area contributed by atoms with Crippen LogP contribution in [-0.2, 0) is 14.3 Å². The van der Waals surface area contributed by atoms with Crippen molar-refractivity contribution in [2.75, 3.05) is 18.1 Å². The summed E-state index contributed by atoms with van der Waals surface area (Å²) in [6.07, 6.45) is 1.93. The van der Waals surface area contributed by atoms with Crippen molar-refractivity contribution in [3.63, 3.8) is 0 Å². The first-order valence-electron chi connectivity index (χ1n) is 13.1. The molecule has 40 heavy (non-hydrogen) atoms. The number of Topliss-reactive ketones (excluding diaryl/α,β-unsaturated/α-hetero) is 1. The predicted molar refractivity (Wildman–Crippen MR) is 158 cm³/mol. The normalized spacial score (nSPS) is 16.6. The van der Waals surface area contributed by atoms with Gasteiger partial charge in [-0.15, -0.1) is 0 Å². The van der Waals surface area contributed by atoms with Crippen molar-refractivity contribution in [1.82, 2.24) is 4.98 Å². The molecule has 0 aliphatic carbocycles. The molecule has 4 rings (SSSR count). The van der Waals surface area contributed by atoms with E-state index in [0.717, 1.165) is 28.7 Å². The second kappa shape index (κ2) is 12.8. The van der Waals surface area contributed by atoms with Crippen molar-refractivity contribution in [1.29, 1.82) is 0 Å². The van der Waals surface area contributed by atoms with E-state index in [-0.39, 0.29) is 33.9 Å². The first kappa shape index (κ1) is 29.5.